The summed E-state index contributed by atoms with van der Waals surface area (Å²) in [6.45, 7) is 4.53. The van der Waals surface area contributed by atoms with Gasteiger partial charge in [-0.3, -0.25) is 0 Å². The zero-order valence-electron chi connectivity index (χ0n) is 12.6. The van der Waals surface area contributed by atoms with Crippen molar-refractivity contribution in [1.82, 2.24) is 5.32 Å². The van der Waals surface area contributed by atoms with Crippen LogP contribution in [0.25, 0.3) is 0 Å². The second kappa shape index (κ2) is 7.15. The number of thioether (sulfide) groups is 1. The van der Waals surface area contributed by atoms with E-state index in [1.807, 2.05) is 11.8 Å². The van der Waals surface area contributed by atoms with Gasteiger partial charge in [-0.05, 0) is 42.5 Å². The van der Waals surface area contributed by atoms with E-state index in [0.29, 0.717) is 11.2 Å². The Balaban J connectivity index is 1.38. The number of hydrogen-bond donors (Lipinski definition) is 1. The van der Waals surface area contributed by atoms with Crippen molar-refractivity contribution >= 4 is 11.8 Å². The van der Waals surface area contributed by atoms with Crippen LogP contribution in [0.15, 0.2) is 59.5 Å². The van der Waals surface area contributed by atoms with Gasteiger partial charge < -0.3 is 5.32 Å². The van der Waals surface area contributed by atoms with Crippen molar-refractivity contribution in [3.05, 3.63) is 65.7 Å². The lowest BCUT2D eigenvalue weighted by molar-refractivity contribution is 0.588. The molecule has 2 aromatic carbocycles. The first-order valence-electron chi connectivity index (χ1n) is 7.83. The molecule has 1 nitrogen and oxygen atoms in total. The maximum absolute atomic E-state index is 3.64. The summed E-state index contributed by atoms with van der Waals surface area (Å²) in [5.41, 5.74) is 2.97. The molecule has 0 saturated heterocycles. The summed E-state index contributed by atoms with van der Waals surface area (Å²) >= 11 is 2.03. The van der Waals surface area contributed by atoms with Crippen LogP contribution in [0.2, 0.25) is 0 Å². The molecule has 1 N–H and O–H groups in total. The summed E-state index contributed by atoms with van der Waals surface area (Å²) in [4.78, 5) is 1.47. The molecule has 0 saturated carbocycles. The second-order valence-electron chi connectivity index (χ2n) is 5.86. The van der Waals surface area contributed by atoms with Crippen molar-refractivity contribution in [3.63, 3.8) is 0 Å². The zero-order chi connectivity index (χ0) is 14.5. The van der Waals surface area contributed by atoms with Gasteiger partial charge in [-0.15, -0.1) is 11.8 Å². The minimum absolute atomic E-state index is 0.632. The molecule has 0 amide bonds. The molecule has 1 aliphatic rings. The Hall–Kier alpha value is -1.25. The van der Waals surface area contributed by atoms with Crippen molar-refractivity contribution in [1.29, 1.82) is 0 Å². The van der Waals surface area contributed by atoms with Crippen LogP contribution in [-0.4, -0.2) is 18.3 Å². The molecule has 0 fully saturated rings. The van der Waals surface area contributed by atoms with Crippen LogP contribution in [0, 0.1) is 0 Å². The topological polar surface area (TPSA) is 12.0 Å². The molecule has 21 heavy (non-hydrogen) atoms. The molecule has 2 atom stereocenters. The van der Waals surface area contributed by atoms with Crippen molar-refractivity contribution in [2.45, 2.75) is 35.8 Å². The normalized spacial score (nSPS) is 18.4. The van der Waals surface area contributed by atoms with E-state index in [1.165, 1.54) is 28.9 Å². The monoisotopic (exact) mass is 297 g/mol. The Kier molecular flexibility index (Phi) is 5.00. The first-order chi connectivity index (χ1) is 10.3. The Morgan fingerprint density at radius 1 is 1.10 bits per heavy atom. The predicted octanol–water partition coefficient (Wildman–Crippen LogP) is 4.49. The Labute approximate surface area is 132 Å². The van der Waals surface area contributed by atoms with Gasteiger partial charge in [-0.1, -0.05) is 55.5 Å². The fourth-order valence-corrected chi connectivity index (χ4v) is 4.18. The van der Waals surface area contributed by atoms with Crippen molar-refractivity contribution in [2.75, 3.05) is 13.1 Å². The molecule has 0 aliphatic carbocycles. The number of hydrogen-bond acceptors (Lipinski definition) is 2. The standard InChI is InChI=1S/C19H23NS/c1-15(16-7-3-2-4-8-16)11-12-20-14-18-13-17-9-5-6-10-19(17)21-18/h2-10,15,18,20H,11-14H2,1H3. The summed E-state index contributed by atoms with van der Waals surface area (Å²) in [7, 11) is 0. The van der Waals surface area contributed by atoms with Gasteiger partial charge in [0.1, 0.15) is 0 Å². The predicted molar refractivity (Wildman–Crippen MR) is 92.1 cm³/mol. The molecule has 0 spiro atoms. The number of benzene rings is 2. The molecule has 2 unspecified atom stereocenters. The molecular weight excluding hydrogens is 274 g/mol. The van der Waals surface area contributed by atoms with Crippen LogP contribution in [0.4, 0.5) is 0 Å². The Morgan fingerprint density at radius 3 is 2.67 bits per heavy atom. The highest BCUT2D eigenvalue weighted by molar-refractivity contribution is 8.00. The molecule has 110 valence electrons. The van der Waals surface area contributed by atoms with E-state index in [1.54, 1.807) is 0 Å². The fourth-order valence-electron chi connectivity index (χ4n) is 2.90. The van der Waals surface area contributed by atoms with Crippen LogP contribution in [0.1, 0.15) is 30.4 Å². The van der Waals surface area contributed by atoms with Gasteiger partial charge in [0.25, 0.3) is 0 Å². The summed E-state index contributed by atoms with van der Waals surface area (Å²) in [6.07, 6.45) is 2.41. The molecule has 0 bridgehead atoms. The highest BCUT2D eigenvalue weighted by Gasteiger charge is 2.21. The Morgan fingerprint density at radius 2 is 1.86 bits per heavy atom. The smallest absolute Gasteiger partial charge is 0.0260 e. The van der Waals surface area contributed by atoms with Crippen molar-refractivity contribution in [3.8, 4) is 0 Å². The van der Waals surface area contributed by atoms with Gasteiger partial charge in [0.05, 0.1) is 0 Å². The van der Waals surface area contributed by atoms with Crippen molar-refractivity contribution < 1.29 is 0 Å². The summed E-state index contributed by atoms with van der Waals surface area (Å²) < 4.78 is 0. The lowest BCUT2D eigenvalue weighted by atomic mass is 9.98. The molecule has 2 heteroatoms. The van der Waals surface area contributed by atoms with Crippen LogP contribution >= 0.6 is 11.8 Å². The van der Waals surface area contributed by atoms with E-state index in [9.17, 15) is 0 Å². The van der Waals surface area contributed by atoms with Gasteiger partial charge >= 0.3 is 0 Å². The Bertz CT molecular complexity index is 542. The first-order valence-corrected chi connectivity index (χ1v) is 8.71. The van der Waals surface area contributed by atoms with Gasteiger partial charge in [0.2, 0.25) is 0 Å². The minimum Gasteiger partial charge on any atom is -0.316 e. The summed E-state index contributed by atoms with van der Waals surface area (Å²) in [5.74, 6) is 0.632. The van der Waals surface area contributed by atoms with Gasteiger partial charge in [0, 0.05) is 16.7 Å². The highest BCUT2D eigenvalue weighted by atomic mass is 32.2. The minimum atomic E-state index is 0.632. The van der Waals surface area contributed by atoms with Crippen LogP contribution in [0.3, 0.4) is 0 Å². The van der Waals surface area contributed by atoms with Gasteiger partial charge in [0.15, 0.2) is 0 Å². The molecule has 1 heterocycles. The maximum atomic E-state index is 3.64. The zero-order valence-corrected chi connectivity index (χ0v) is 13.4. The third-order valence-corrected chi connectivity index (χ3v) is 5.53. The van der Waals surface area contributed by atoms with Crippen LogP contribution in [0.5, 0.6) is 0 Å². The SMILES string of the molecule is CC(CCNCC1Cc2ccccc2S1)c1ccccc1. The van der Waals surface area contributed by atoms with E-state index >= 15 is 0 Å². The first kappa shape index (κ1) is 14.7. The quantitative estimate of drug-likeness (QED) is 0.789. The summed E-state index contributed by atoms with van der Waals surface area (Å²) in [5, 5.41) is 4.35. The van der Waals surface area contributed by atoms with E-state index in [4.69, 9.17) is 0 Å². The van der Waals surface area contributed by atoms with Gasteiger partial charge in [-0.2, -0.15) is 0 Å². The molecule has 2 aromatic rings. The van der Waals surface area contributed by atoms with E-state index in [2.05, 4.69) is 66.8 Å². The van der Waals surface area contributed by atoms with E-state index < -0.39 is 0 Å². The maximum Gasteiger partial charge on any atom is 0.0260 e. The molecule has 0 aromatic heterocycles. The fraction of sp³-hybridized carbons (Fsp3) is 0.368. The third-order valence-electron chi connectivity index (χ3n) is 4.21. The van der Waals surface area contributed by atoms with Crippen molar-refractivity contribution in [2.24, 2.45) is 0 Å². The molecule has 0 radical (unpaired) electrons. The summed E-state index contributed by atoms with van der Waals surface area (Å²) in [6, 6.07) is 19.6. The number of nitrogens with one attached hydrogen (secondary N) is 1. The second-order valence-corrected chi connectivity index (χ2v) is 7.20. The average Bonchev–Trinajstić information content (AvgIpc) is 2.95. The molecule has 1 aliphatic heterocycles. The van der Waals surface area contributed by atoms with Crippen LogP contribution < -0.4 is 5.32 Å². The third kappa shape index (κ3) is 3.90. The molecule has 3 rings (SSSR count). The number of fused-ring (bicyclic) bond motifs is 1. The average molecular weight is 297 g/mol. The number of rotatable bonds is 6. The van der Waals surface area contributed by atoms with Crippen LogP contribution in [-0.2, 0) is 6.42 Å². The lowest BCUT2D eigenvalue weighted by Crippen LogP contribution is -2.26. The highest BCUT2D eigenvalue weighted by Crippen LogP contribution is 2.36. The van der Waals surface area contributed by atoms with E-state index in [0.717, 1.165) is 13.1 Å². The van der Waals surface area contributed by atoms with E-state index in [-0.39, 0.29) is 0 Å². The lowest BCUT2D eigenvalue weighted by Gasteiger charge is -2.14. The molecular formula is C19H23NS. The van der Waals surface area contributed by atoms with Gasteiger partial charge in [-0.25, -0.2) is 0 Å². The largest absolute Gasteiger partial charge is 0.316 e.